The van der Waals surface area contributed by atoms with Crippen molar-refractivity contribution in [3.63, 3.8) is 0 Å². The summed E-state index contributed by atoms with van der Waals surface area (Å²) in [5.74, 6) is 0. The van der Waals surface area contributed by atoms with Crippen LogP contribution in [0.15, 0.2) is 18.2 Å². The predicted molar refractivity (Wildman–Crippen MR) is 53.9 cm³/mol. The zero-order valence-corrected chi connectivity index (χ0v) is 8.33. The van der Waals surface area contributed by atoms with E-state index in [-0.39, 0.29) is 0 Å². The maximum Gasteiger partial charge on any atom is 0.216 e. The highest BCUT2D eigenvalue weighted by Gasteiger charge is 2.07. The minimum absolute atomic E-state index is 0.492. The van der Waals surface area contributed by atoms with Crippen LogP contribution in [-0.2, 0) is 4.79 Å². The quantitative estimate of drug-likeness (QED) is 0.758. The SMILES string of the molecule is O=[C]C(S)c1cc(Cl)cc(Cl)c1. The molecule has 0 spiro atoms. The van der Waals surface area contributed by atoms with Gasteiger partial charge in [-0.1, -0.05) is 23.2 Å². The number of halogens is 2. The highest BCUT2D eigenvalue weighted by Crippen LogP contribution is 2.25. The first kappa shape index (κ1) is 9.90. The molecule has 1 rings (SSSR count). The van der Waals surface area contributed by atoms with Crippen LogP contribution in [-0.4, -0.2) is 6.29 Å². The van der Waals surface area contributed by atoms with E-state index in [0.29, 0.717) is 15.6 Å². The summed E-state index contributed by atoms with van der Waals surface area (Å²) >= 11 is 15.4. The first-order valence-electron chi connectivity index (χ1n) is 3.15. The van der Waals surface area contributed by atoms with Gasteiger partial charge in [-0.3, -0.25) is 4.79 Å². The Bertz CT molecular complexity index is 281. The second-order valence-corrected chi connectivity index (χ2v) is 3.61. The van der Waals surface area contributed by atoms with Crippen LogP contribution in [0.2, 0.25) is 10.0 Å². The van der Waals surface area contributed by atoms with Crippen molar-refractivity contribution in [1.29, 1.82) is 0 Å². The van der Waals surface area contributed by atoms with Crippen LogP contribution in [0.4, 0.5) is 0 Å². The number of thiol groups is 1. The normalized spacial score (nSPS) is 12.6. The van der Waals surface area contributed by atoms with Crippen LogP contribution in [0.25, 0.3) is 0 Å². The molecule has 0 fully saturated rings. The monoisotopic (exact) mass is 219 g/mol. The van der Waals surface area contributed by atoms with E-state index in [1.807, 2.05) is 0 Å². The van der Waals surface area contributed by atoms with E-state index in [4.69, 9.17) is 23.2 Å². The Kier molecular flexibility index (Phi) is 3.44. The smallest absolute Gasteiger partial charge is 0.216 e. The number of hydrogen-bond donors (Lipinski definition) is 1. The average Bonchev–Trinajstić information content (AvgIpc) is 2.01. The summed E-state index contributed by atoms with van der Waals surface area (Å²) in [6.07, 6.45) is 1.73. The number of rotatable bonds is 2. The number of hydrogen-bond acceptors (Lipinski definition) is 2. The molecule has 1 unspecified atom stereocenters. The Morgan fingerprint density at radius 2 is 1.75 bits per heavy atom. The average molecular weight is 220 g/mol. The molecule has 1 aromatic carbocycles. The number of benzene rings is 1. The maximum atomic E-state index is 10.2. The lowest BCUT2D eigenvalue weighted by molar-refractivity contribution is 0.554. The van der Waals surface area contributed by atoms with Gasteiger partial charge >= 0.3 is 0 Å². The Labute approximate surface area is 86.1 Å². The molecule has 0 heterocycles. The highest BCUT2D eigenvalue weighted by molar-refractivity contribution is 7.81. The fourth-order valence-corrected chi connectivity index (χ4v) is 1.49. The van der Waals surface area contributed by atoms with Crippen molar-refractivity contribution in [2.24, 2.45) is 0 Å². The van der Waals surface area contributed by atoms with Gasteiger partial charge in [0.2, 0.25) is 6.29 Å². The van der Waals surface area contributed by atoms with Crippen molar-refractivity contribution in [2.75, 3.05) is 0 Å². The molecule has 0 N–H and O–H groups in total. The van der Waals surface area contributed by atoms with Gasteiger partial charge < -0.3 is 0 Å². The van der Waals surface area contributed by atoms with Crippen LogP contribution in [0, 0.1) is 0 Å². The predicted octanol–water partition coefficient (Wildman–Crippen LogP) is 3.07. The summed E-state index contributed by atoms with van der Waals surface area (Å²) in [6.45, 7) is 0. The van der Waals surface area contributed by atoms with Gasteiger partial charge in [-0.05, 0) is 23.8 Å². The molecule has 0 aliphatic heterocycles. The molecule has 0 saturated carbocycles. The molecule has 1 aromatic rings. The second kappa shape index (κ2) is 4.17. The summed E-state index contributed by atoms with van der Waals surface area (Å²) in [7, 11) is 0. The van der Waals surface area contributed by atoms with Gasteiger partial charge in [-0.15, -0.1) is 0 Å². The first-order chi connectivity index (χ1) is 5.63. The van der Waals surface area contributed by atoms with Crippen LogP contribution < -0.4 is 0 Å². The third-order valence-electron chi connectivity index (χ3n) is 1.31. The third-order valence-corrected chi connectivity index (χ3v) is 2.15. The van der Waals surface area contributed by atoms with E-state index in [1.165, 1.54) is 0 Å². The summed E-state index contributed by atoms with van der Waals surface area (Å²) in [4.78, 5) is 10.2. The van der Waals surface area contributed by atoms with Gasteiger partial charge in [0.05, 0.1) is 5.25 Å². The Hall–Kier alpha value is -0.180. The van der Waals surface area contributed by atoms with Gasteiger partial charge in [-0.2, -0.15) is 12.6 Å². The Morgan fingerprint density at radius 3 is 2.17 bits per heavy atom. The molecule has 0 saturated heterocycles. The molecule has 1 nitrogen and oxygen atoms in total. The standard InChI is InChI=1S/C8H5Cl2OS/c9-6-1-5(8(12)4-11)2-7(10)3-6/h1-3,8,12H. The number of carbonyl (C=O) groups excluding carboxylic acids is 1. The van der Waals surface area contributed by atoms with Crippen molar-refractivity contribution < 1.29 is 4.79 Å². The fraction of sp³-hybridized carbons (Fsp3) is 0.125. The summed E-state index contributed by atoms with van der Waals surface area (Å²) in [6, 6.07) is 4.86. The van der Waals surface area contributed by atoms with Crippen LogP contribution in [0.5, 0.6) is 0 Å². The van der Waals surface area contributed by atoms with Crippen molar-refractivity contribution >= 4 is 42.1 Å². The van der Waals surface area contributed by atoms with Crippen molar-refractivity contribution in [2.45, 2.75) is 5.25 Å². The lowest BCUT2D eigenvalue weighted by Gasteiger charge is -2.03. The van der Waals surface area contributed by atoms with Gasteiger partial charge in [0.25, 0.3) is 0 Å². The summed E-state index contributed by atoms with van der Waals surface area (Å²) < 4.78 is 0. The van der Waals surface area contributed by atoms with Gasteiger partial charge in [-0.25, -0.2) is 0 Å². The van der Waals surface area contributed by atoms with Gasteiger partial charge in [0.1, 0.15) is 0 Å². The van der Waals surface area contributed by atoms with Crippen LogP contribution >= 0.6 is 35.8 Å². The van der Waals surface area contributed by atoms with Gasteiger partial charge in [0, 0.05) is 10.0 Å². The highest BCUT2D eigenvalue weighted by atomic mass is 35.5. The lowest BCUT2D eigenvalue weighted by Crippen LogP contribution is -1.90. The molecule has 0 aromatic heterocycles. The first-order valence-corrected chi connectivity index (χ1v) is 4.42. The third kappa shape index (κ3) is 2.41. The van der Waals surface area contributed by atoms with Crippen molar-refractivity contribution in [3.8, 4) is 0 Å². The zero-order chi connectivity index (χ0) is 9.14. The minimum Gasteiger partial charge on any atom is -0.289 e. The topological polar surface area (TPSA) is 17.1 Å². The molecule has 4 heteroatoms. The Balaban J connectivity index is 3.08. The van der Waals surface area contributed by atoms with E-state index >= 15 is 0 Å². The molecular formula is C8H5Cl2OS. The van der Waals surface area contributed by atoms with E-state index in [1.54, 1.807) is 24.5 Å². The largest absolute Gasteiger partial charge is 0.289 e. The molecule has 0 aliphatic rings. The van der Waals surface area contributed by atoms with Crippen LogP contribution in [0.1, 0.15) is 10.8 Å². The van der Waals surface area contributed by atoms with Gasteiger partial charge in [0.15, 0.2) is 0 Å². The molecule has 1 radical (unpaired) electrons. The maximum absolute atomic E-state index is 10.2. The fourth-order valence-electron chi connectivity index (χ4n) is 0.801. The molecule has 63 valence electrons. The van der Waals surface area contributed by atoms with Crippen LogP contribution in [0.3, 0.4) is 0 Å². The molecule has 0 amide bonds. The van der Waals surface area contributed by atoms with Crippen molar-refractivity contribution in [3.05, 3.63) is 33.8 Å². The summed E-state index contributed by atoms with van der Waals surface area (Å²) in [5.41, 5.74) is 0.658. The molecule has 12 heavy (non-hydrogen) atoms. The van der Waals surface area contributed by atoms with E-state index in [0.717, 1.165) is 0 Å². The van der Waals surface area contributed by atoms with E-state index in [9.17, 15) is 4.79 Å². The lowest BCUT2D eigenvalue weighted by atomic mass is 10.2. The minimum atomic E-state index is -0.582. The molecule has 0 aliphatic carbocycles. The second-order valence-electron chi connectivity index (χ2n) is 2.22. The molecular weight excluding hydrogens is 215 g/mol. The summed E-state index contributed by atoms with van der Waals surface area (Å²) in [5, 5.41) is 0.403. The zero-order valence-electron chi connectivity index (χ0n) is 5.92. The Morgan fingerprint density at radius 1 is 1.25 bits per heavy atom. The van der Waals surface area contributed by atoms with E-state index < -0.39 is 5.25 Å². The van der Waals surface area contributed by atoms with E-state index in [2.05, 4.69) is 12.6 Å². The molecule has 0 bridgehead atoms. The van der Waals surface area contributed by atoms with Crippen molar-refractivity contribution in [1.82, 2.24) is 0 Å². The molecule has 1 atom stereocenters.